The Labute approximate surface area is 84.0 Å². The number of hydrogen-bond acceptors (Lipinski definition) is 2. The van der Waals surface area contributed by atoms with Gasteiger partial charge in [0, 0.05) is 10.8 Å². The topological polar surface area (TPSA) is 35.4 Å². The fourth-order valence-electron chi connectivity index (χ4n) is 2.19. The van der Waals surface area contributed by atoms with E-state index < -0.39 is 0 Å². The van der Waals surface area contributed by atoms with Crippen LogP contribution in [0.2, 0.25) is 0 Å². The third-order valence-corrected chi connectivity index (χ3v) is 3.01. The molecule has 1 aliphatic carbocycles. The van der Waals surface area contributed by atoms with Crippen molar-refractivity contribution >= 4 is 6.21 Å². The van der Waals surface area contributed by atoms with Crippen LogP contribution < -0.4 is 0 Å². The first-order valence-corrected chi connectivity index (χ1v) is 5.26. The molecule has 1 aliphatic heterocycles. The summed E-state index contributed by atoms with van der Waals surface area (Å²) in [7, 11) is 0. The van der Waals surface area contributed by atoms with Crippen LogP contribution in [0.25, 0.3) is 0 Å². The first-order valence-electron chi connectivity index (χ1n) is 5.26. The van der Waals surface area contributed by atoms with E-state index in [2.05, 4.69) is 9.89 Å². The molecule has 0 atom stereocenters. The lowest BCUT2D eigenvalue weighted by atomic mass is 9.94. The van der Waals surface area contributed by atoms with Crippen molar-refractivity contribution in [2.45, 2.75) is 38.1 Å². The molecule has 77 valence electrons. The Morgan fingerprint density at radius 2 is 2.07 bits per heavy atom. The zero-order valence-electron chi connectivity index (χ0n) is 8.26. The molecule has 0 saturated heterocycles. The third-order valence-electron chi connectivity index (χ3n) is 3.01. The standard InChI is InChI=1S/C10H16N2O2/c13-14-12-8-6-11(7-9-12)10-4-2-1-3-5-10/h6,8-10H,1-5,7H2/q+1. The molecule has 0 amide bonds. The van der Waals surface area contributed by atoms with Gasteiger partial charge in [0.25, 0.3) is 0 Å². The molecule has 0 unspecified atom stereocenters. The van der Waals surface area contributed by atoms with E-state index >= 15 is 0 Å². The maximum Gasteiger partial charge on any atom is 0.241 e. The lowest BCUT2D eigenvalue weighted by molar-refractivity contribution is -0.847. The zero-order chi connectivity index (χ0) is 9.80. The molecular formula is C10H16N2O2+. The highest BCUT2D eigenvalue weighted by Gasteiger charge is 2.22. The first-order chi connectivity index (χ1) is 6.90. The first kappa shape index (κ1) is 9.52. The van der Waals surface area contributed by atoms with Crippen molar-refractivity contribution in [3.05, 3.63) is 12.4 Å². The number of nitrogens with zero attached hydrogens (tertiary/aromatic N) is 2. The van der Waals surface area contributed by atoms with Crippen molar-refractivity contribution in [1.82, 2.24) is 4.90 Å². The van der Waals surface area contributed by atoms with Gasteiger partial charge in [0.2, 0.25) is 12.4 Å². The van der Waals surface area contributed by atoms with Crippen molar-refractivity contribution in [2.24, 2.45) is 0 Å². The van der Waals surface area contributed by atoms with Gasteiger partial charge in [-0.3, -0.25) is 0 Å². The Morgan fingerprint density at radius 1 is 1.29 bits per heavy atom. The Hall–Kier alpha value is -1.03. The Morgan fingerprint density at radius 3 is 2.64 bits per heavy atom. The average molecular weight is 196 g/mol. The van der Waals surface area contributed by atoms with Crippen LogP contribution in [0.3, 0.4) is 0 Å². The van der Waals surface area contributed by atoms with E-state index in [0.717, 1.165) is 6.54 Å². The molecule has 2 rings (SSSR count). The van der Waals surface area contributed by atoms with Gasteiger partial charge in [-0.25, -0.2) is 0 Å². The summed E-state index contributed by atoms with van der Waals surface area (Å²) < 4.78 is 1.21. The number of rotatable bonds is 2. The molecule has 0 bridgehead atoms. The van der Waals surface area contributed by atoms with E-state index in [1.54, 1.807) is 12.4 Å². The van der Waals surface area contributed by atoms with Gasteiger partial charge in [0.1, 0.15) is 6.54 Å². The van der Waals surface area contributed by atoms with E-state index in [9.17, 15) is 5.26 Å². The van der Waals surface area contributed by atoms with Gasteiger partial charge in [-0.1, -0.05) is 19.3 Å². The van der Waals surface area contributed by atoms with Crippen molar-refractivity contribution in [1.29, 1.82) is 0 Å². The van der Waals surface area contributed by atoms with Crippen LogP contribution >= 0.6 is 0 Å². The Kier molecular flexibility index (Phi) is 3.03. The highest BCUT2D eigenvalue weighted by atomic mass is 17.2. The van der Waals surface area contributed by atoms with Gasteiger partial charge in [-0.05, 0) is 17.8 Å². The highest BCUT2D eigenvalue weighted by Crippen LogP contribution is 2.22. The second kappa shape index (κ2) is 4.46. The summed E-state index contributed by atoms with van der Waals surface area (Å²) in [5.41, 5.74) is 0. The fraction of sp³-hybridized carbons (Fsp3) is 0.700. The molecule has 0 aromatic rings. The van der Waals surface area contributed by atoms with Crippen LogP contribution in [0, 0.1) is 0 Å². The van der Waals surface area contributed by atoms with Gasteiger partial charge in [0.15, 0.2) is 0 Å². The maximum atomic E-state index is 10.1. The molecule has 0 aromatic heterocycles. The highest BCUT2D eigenvalue weighted by molar-refractivity contribution is 5.54. The van der Waals surface area contributed by atoms with Crippen LogP contribution in [0.15, 0.2) is 12.4 Å². The number of hydrogen-bond donors (Lipinski definition) is 0. The van der Waals surface area contributed by atoms with Crippen molar-refractivity contribution in [2.75, 3.05) is 6.54 Å². The van der Waals surface area contributed by atoms with Crippen LogP contribution in [0.5, 0.6) is 0 Å². The van der Waals surface area contributed by atoms with Crippen LogP contribution in [0.1, 0.15) is 32.1 Å². The van der Waals surface area contributed by atoms with Crippen LogP contribution in [-0.2, 0) is 10.2 Å². The van der Waals surface area contributed by atoms with Crippen molar-refractivity contribution in [3.63, 3.8) is 0 Å². The minimum absolute atomic E-state index is 0.657. The summed E-state index contributed by atoms with van der Waals surface area (Å²) in [4.78, 5) is 6.13. The van der Waals surface area contributed by atoms with E-state index in [4.69, 9.17) is 0 Å². The Bertz CT molecular complexity index is 245. The molecule has 1 radical (unpaired) electrons. The summed E-state index contributed by atoms with van der Waals surface area (Å²) >= 11 is 0. The minimum Gasteiger partial charge on any atom is -0.359 e. The quantitative estimate of drug-likeness (QED) is 0.381. The van der Waals surface area contributed by atoms with Crippen molar-refractivity contribution in [3.8, 4) is 0 Å². The predicted octanol–water partition coefficient (Wildman–Crippen LogP) is 1.47. The summed E-state index contributed by atoms with van der Waals surface area (Å²) in [5, 5.41) is 10.1. The molecule has 4 heteroatoms. The molecule has 2 aliphatic rings. The molecule has 0 aromatic carbocycles. The van der Waals surface area contributed by atoms with Crippen LogP contribution in [-0.4, -0.2) is 28.4 Å². The van der Waals surface area contributed by atoms with Crippen molar-refractivity contribution < 1.29 is 15.0 Å². The summed E-state index contributed by atoms with van der Waals surface area (Å²) in [6.07, 6.45) is 12.0. The number of hydroxylamine groups is 1. The van der Waals surface area contributed by atoms with Gasteiger partial charge >= 0.3 is 0 Å². The molecule has 14 heavy (non-hydrogen) atoms. The lowest BCUT2D eigenvalue weighted by Gasteiger charge is -2.31. The van der Waals surface area contributed by atoms with E-state index in [1.807, 2.05) is 6.20 Å². The van der Waals surface area contributed by atoms with E-state index in [0.29, 0.717) is 6.04 Å². The summed E-state index contributed by atoms with van der Waals surface area (Å²) in [5.74, 6) is 0. The molecule has 1 saturated carbocycles. The second-order valence-corrected chi connectivity index (χ2v) is 3.90. The zero-order valence-corrected chi connectivity index (χ0v) is 8.26. The summed E-state index contributed by atoms with van der Waals surface area (Å²) in [6, 6.07) is 0.657. The second-order valence-electron chi connectivity index (χ2n) is 3.90. The SMILES string of the molecule is [O]O[N+]1=CCN(C2CCCCC2)C=C1. The molecular weight excluding hydrogens is 180 g/mol. The Balaban J connectivity index is 1.89. The van der Waals surface area contributed by atoms with E-state index in [1.165, 1.54) is 36.8 Å². The predicted molar refractivity (Wildman–Crippen MR) is 50.8 cm³/mol. The fourth-order valence-corrected chi connectivity index (χ4v) is 2.19. The maximum absolute atomic E-state index is 10.1. The van der Waals surface area contributed by atoms with Gasteiger partial charge in [-0.15, -0.1) is 0 Å². The lowest BCUT2D eigenvalue weighted by Crippen LogP contribution is -2.37. The molecule has 1 heterocycles. The smallest absolute Gasteiger partial charge is 0.241 e. The molecule has 1 fully saturated rings. The molecule has 0 spiro atoms. The minimum atomic E-state index is 0.657. The third kappa shape index (κ3) is 2.07. The normalized spacial score (nSPS) is 23.5. The van der Waals surface area contributed by atoms with Crippen LogP contribution in [0.4, 0.5) is 0 Å². The van der Waals surface area contributed by atoms with Gasteiger partial charge < -0.3 is 4.90 Å². The summed E-state index contributed by atoms with van der Waals surface area (Å²) in [6.45, 7) is 0.781. The van der Waals surface area contributed by atoms with E-state index in [-0.39, 0.29) is 0 Å². The van der Waals surface area contributed by atoms with Gasteiger partial charge in [0.05, 0.1) is 11.5 Å². The molecule has 0 N–H and O–H groups in total. The monoisotopic (exact) mass is 196 g/mol. The van der Waals surface area contributed by atoms with Gasteiger partial charge in [-0.2, -0.15) is 0 Å². The molecule has 4 nitrogen and oxygen atoms in total. The average Bonchev–Trinajstić information content (AvgIpc) is 2.30. The largest absolute Gasteiger partial charge is 0.359 e.